The molecule has 0 spiro atoms. The van der Waals surface area contributed by atoms with E-state index in [9.17, 15) is 0 Å². The van der Waals surface area contributed by atoms with Crippen LogP contribution in [0.25, 0.3) is 0 Å². The minimum Gasteiger partial charge on any atom is -0.314 e. The summed E-state index contributed by atoms with van der Waals surface area (Å²) in [7, 11) is 0. The molecule has 0 radical (unpaired) electrons. The van der Waals surface area contributed by atoms with Crippen LogP contribution >= 0.6 is 23.7 Å². The predicted octanol–water partition coefficient (Wildman–Crippen LogP) is 2.24. The molecule has 2 aliphatic rings. The Morgan fingerprint density at radius 1 is 1.32 bits per heavy atom. The van der Waals surface area contributed by atoms with E-state index in [2.05, 4.69) is 40.1 Å². The average molecular weight is 345 g/mol. The van der Waals surface area contributed by atoms with Crippen LogP contribution in [0.4, 0.5) is 0 Å². The van der Waals surface area contributed by atoms with E-state index >= 15 is 0 Å². The summed E-state index contributed by atoms with van der Waals surface area (Å²) in [6.45, 7) is 12.9. The van der Waals surface area contributed by atoms with Gasteiger partial charge in [0.1, 0.15) is 0 Å². The van der Waals surface area contributed by atoms with Crippen molar-refractivity contribution < 1.29 is 0 Å². The Bertz CT molecular complexity index is 445. The third-order valence-electron chi connectivity index (χ3n) is 4.48. The first-order valence-corrected chi connectivity index (χ1v) is 9.13. The van der Waals surface area contributed by atoms with Crippen molar-refractivity contribution in [1.82, 2.24) is 20.1 Å². The number of hydrogen-bond donors (Lipinski definition) is 1. The van der Waals surface area contributed by atoms with Crippen LogP contribution in [0.1, 0.15) is 30.2 Å². The highest BCUT2D eigenvalue weighted by Gasteiger charge is 2.28. The maximum atomic E-state index is 4.58. The van der Waals surface area contributed by atoms with Crippen molar-refractivity contribution in [2.24, 2.45) is 5.92 Å². The van der Waals surface area contributed by atoms with Crippen molar-refractivity contribution in [2.45, 2.75) is 39.3 Å². The Morgan fingerprint density at radius 2 is 2.09 bits per heavy atom. The van der Waals surface area contributed by atoms with Crippen LogP contribution in [0, 0.1) is 5.92 Å². The van der Waals surface area contributed by atoms with Crippen molar-refractivity contribution >= 4 is 23.7 Å². The molecule has 3 heterocycles. The zero-order valence-electron chi connectivity index (χ0n) is 13.8. The largest absolute Gasteiger partial charge is 0.314 e. The highest BCUT2D eigenvalue weighted by molar-refractivity contribution is 7.11. The molecule has 126 valence electrons. The Hall–Kier alpha value is -0.200. The molecule has 1 N–H and O–H groups in total. The molecular weight excluding hydrogens is 316 g/mol. The van der Waals surface area contributed by atoms with Gasteiger partial charge < -0.3 is 5.32 Å². The maximum absolute atomic E-state index is 4.58. The average Bonchev–Trinajstić information content (AvgIpc) is 3.09. The maximum Gasteiger partial charge on any atom is 0.0930 e. The van der Waals surface area contributed by atoms with Crippen LogP contribution in [0.3, 0.4) is 0 Å². The lowest BCUT2D eigenvalue weighted by atomic mass is 10.1. The van der Waals surface area contributed by atoms with Crippen molar-refractivity contribution in [2.75, 3.05) is 39.3 Å². The van der Waals surface area contributed by atoms with Crippen LogP contribution < -0.4 is 5.32 Å². The second kappa shape index (κ2) is 8.60. The zero-order chi connectivity index (χ0) is 14.7. The number of thiazole rings is 1. The van der Waals surface area contributed by atoms with Gasteiger partial charge in [-0.15, -0.1) is 23.7 Å². The highest BCUT2D eigenvalue weighted by Crippen LogP contribution is 2.22. The minimum absolute atomic E-state index is 0. The molecule has 0 amide bonds. The zero-order valence-corrected chi connectivity index (χ0v) is 15.4. The summed E-state index contributed by atoms with van der Waals surface area (Å²) in [5, 5.41) is 4.75. The molecule has 2 fully saturated rings. The summed E-state index contributed by atoms with van der Waals surface area (Å²) in [6.07, 6.45) is 4.55. The number of hydrogen-bond acceptors (Lipinski definition) is 5. The first kappa shape index (κ1) is 18.1. The Morgan fingerprint density at radius 3 is 2.82 bits per heavy atom. The molecule has 2 aliphatic heterocycles. The number of nitrogens with one attached hydrogen (secondary N) is 1. The van der Waals surface area contributed by atoms with Gasteiger partial charge in [0.25, 0.3) is 0 Å². The second-order valence-corrected chi connectivity index (χ2v) is 7.98. The first-order valence-electron chi connectivity index (χ1n) is 8.31. The number of aromatic nitrogens is 1. The fourth-order valence-electron chi connectivity index (χ4n) is 3.39. The summed E-state index contributed by atoms with van der Waals surface area (Å²) >= 11 is 1.91. The molecule has 1 atom stereocenters. The van der Waals surface area contributed by atoms with Crippen LogP contribution in [0.15, 0.2) is 6.20 Å². The van der Waals surface area contributed by atoms with Crippen LogP contribution in [0.5, 0.6) is 0 Å². The minimum atomic E-state index is 0. The summed E-state index contributed by atoms with van der Waals surface area (Å²) in [5.41, 5.74) is 0. The van der Waals surface area contributed by atoms with Crippen LogP contribution in [-0.4, -0.2) is 60.1 Å². The Labute approximate surface area is 144 Å². The topological polar surface area (TPSA) is 31.4 Å². The molecule has 3 rings (SSSR count). The molecule has 6 heteroatoms. The SMILES string of the molecule is CC(C)Cc1ncc(CN2CCC(N3CCNCC3)C2)s1.Cl. The van der Waals surface area contributed by atoms with Crippen LogP contribution in [0.2, 0.25) is 0 Å². The third kappa shape index (κ3) is 4.90. The van der Waals surface area contributed by atoms with E-state index in [0.29, 0.717) is 5.92 Å². The van der Waals surface area contributed by atoms with E-state index in [1.54, 1.807) is 0 Å². The lowest BCUT2D eigenvalue weighted by molar-refractivity contribution is 0.170. The summed E-state index contributed by atoms with van der Waals surface area (Å²) in [6, 6.07) is 0.773. The van der Waals surface area contributed by atoms with Gasteiger partial charge in [0.15, 0.2) is 0 Å². The normalized spacial score (nSPS) is 23.9. The fraction of sp³-hybridized carbons (Fsp3) is 0.812. The molecule has 1 aromatic rings. The van der Waals surface area contributed by atoms with Gasteiger partial charge in [0, 0.05) is 69.3 Å². The molecule has 2 saturated heterocycles. The van der Waals surface area contributed by atoms with Gasteiger partial charge in [0.2, 0.25) is 0 Å². The van der Waals surface area contributed by atoms with E-state index in [0.717, 1.165) is 32.1 Å². The Balaban J connectivity index is 0.00000176. The molecule has 0 saturated carbocycles. The number of likely N-dealkylation sites (tertiary alicyclic amines) is 1. The van der Waals surface area contributed by atoms with Crippen molar-refractivity contribution in [3.05, 3.63) is 16.1 Å². The van der Waals surface area contributed by atoms with Crippen LogP contribution in [-0.2, 0) is 13.0 Å². The number of rotatable bonds is 5. The Kier molecular flexibility index (Phi) is 7.09. The standard InChI is InChI=1S/C16H28N4S.ClH/c1-13(2)9-16-18-10-15(21-16)12-19-6-3-14(11-19)20-7-4-17-5-8-20;/h10,13-14,17H,3-9,11-12H2,1-2H3;1H. The van der Waals surface area contributed by atoms with Crippen molar-refractivity contribution in [1.29, 1.82) is 0 Å². The third-order valence-corrected chi connectivity index (χ3v) is 5.48. The molecule has 1 aromatic heterocycles. The van der Waals surface area contributed by atoms with E-state index < -0.39 is 0 Å². The van der Waals surface area contributed by atoms with Crippen molar-refractivity contribution in [3.8, 4) is 0 Å². The molecule has 22 heavy (non-hydrogen) atoms. The van der Waals surface area contributed by atoms with Gasteiger partial charge in [-0.05, 0) is 12.3 Å². The number of halogens is 1. The van der Waals surface area contributed by atoms with E-state index in [-0.39, 0.29) is 12.4 Å². The van der Waals surface area contributed by atoms with Gasteiger partial charge in [-0.1, -0.05) is 13.8 Å². The van der Waals surface area contributed by atoms with E-state index in [4.69, 9.17) is 0 Å². The molecule has 0 bridgehead atoms. The van der Waals surface area contributed by atoms with Gasteiger partial charge in [-0.25, -0.2) is 4.98 Å². The predicted molar refractivity (Wildman–Crippen MR) is 96.0 cm³/mol. The number of nitrogens with zero attached hydrogens (tertiary/aromatic N) is 3. The quantitative estimate of drug-likeness (QED) is 0.887. The summed E-state index contributed by atoms with van der Waals surface area (Å²) in [5.74, 6) is 0.702. The fourth-order valence-corrected chi connectivity index (χ4v) is 4.56. The smallest absolute Gasteiger partial charge is 0.0930 e. The molecule has 0 aromatic carbocycles. The molecule has 0 aliphatic carbocycles. The molecule has 1 unspecified atom stereocenters. The lowest BCUT2D eigenvalue weighted by Gasteiger charge is -2.32. The summed E-state index contributed by atoms with van der Waals surface area (Å²) < 4.78 is 0. The monoisotopic (exact) mass is 344 g/mol. The van der Waals surface area contributed by atoms with Gasteiger partial charge in [-0.2, -0.15) is 0 Å². The molecule has 4 nitrogen and oxygen atoms in total. The van der Waals surface area contributed by atoms with E-state index in [1.165, 1.54) is 42.5 Å². The summed E-state index contributed by atoms with van der Waals surface area (Å²) in [4.78, 5) is 11.3. The number of piperazine rings is 1. The van der Waals surface area contributed by atoms with E-state index in [1.807, 2.05) is 11.3 Å². The van der Waals surface area contributed by atoms with Gasteiger partial charge in [0.05, 0.1) is 5.01 Å². The first-order chi connectivity index (χ1) is 10.2. The lowest BCUT2D eigenvalue weighted by Crippen LogP contribution is -2.49. The highest BCUT2D eigenvalue weighted by atomic mass is 35.5. The van der Waals surface area contributed by atoms with Gasteiger partial charge in [-0.3, -0.25) is 9.80 Å². The van der Waals surface area contributed by atoms with Gasteiger partial charge >= 0.3 is 0 Å². The second-order valence-electron chi connectivity index (χ2n) is 6.78. The molecular formula is C16H29ClN4S. The van der Waals surface area contributed by atoms with Crippen molar-refractivity contribution in [3.63, 3.8) is 0 Å².